The molecule has 12 heteroatoms. The van der Waals surface area contributed by atoms with Crippen LogP contribution < -0.4 is 11.1 Å². The minimum absolute atomic E-state index is 0.0203. The van der Waals surface area contributed by atoms with Crippen LogP contribution in [0.1, 0.15) is 25.0 Å². The normalized spacial score (nSPS) is 14.9. The summed E-state index contributed by atoms with van der Waals surface area (Å²) < 4.78 is 35.3. The first-order valence-electron chi connectivity index (χ1n) is 11.0. The van der Waals surface area contributed by atoms with E-state index in [1.807, 2.05) is 13.0 Å². The Morgan fingerprint density at radius 3 is 2.74 bits per heavy atom. The molecule has 4 aromatic rings. The molecule has 0 aliphatic carbocycles. The summed E-state index contributed by atoms with van der Waals surface area (Å²) >= 11 is 0. The highest BCUT2D eigenvalue weighted by Gasteiger charge is 2.28. The highest BCUT2D eigenvalue weighted by atomic mass is 32.2. The number of amides is 1. The van der Waals surface area contributed by atoms with E-state index in [1.165, 1.54) is 21.0 Å². The standard InChI is InChI=1S/C22H24N6O5S/c1-14-17-11-15(13-23-21(17)26(2)25-14)24-20(29)7-10-28-18-6-5-16(12-19(18)33-22(28)30)34(31,32)27-8-3-4-9-27/h5-6,11-13H,3-4,7-10H2,1-2H3,(H,24,29). The smallest absolute Gasteiger partial charge is 0.408 e. The fourth-order valence-electron chi connectivity index (χ4n) is 4.31. The molecule has 0 bridgehead atoms. The Morgan fingerprint density at radius 2 is 1.97 bits per heavy atom. The number of anilines is 1. The highest BCUT2D eigenvalue weighted by molar-refractivity contribution is 7.89. The second kappa shape index (κ2) is 8.37. The van der Waals surface area contributed by atoms with Crippen molar-refractivity contribution in [2.75, 3.05) is 18.4 Å². The maximum atomic E-state index is 12.8. The zero-order chi connectivity index (χ0) is 24.0. The number of pyridine rings is 1. The van der Waals surface area contributed by atoms with E-state index in [4.69, 9.17) is 4.42 Å². The van der Waals surface area contributed by atoms with Crippen LogP contribution in [0.15, 0.2) is 44.6 Å². The van der Waals surface area contributed by atoms with Gasteiger partial charge in [-0.25, -0.2) is 18.2 Å². The fraction of sp³-hybridized carbons (Fsp3) is 0.364. The first kappa shape index (κ1) is 22.3. The lowest BCUT2D eigenvalue weighted by Gasteiger charge is -2.15. The Labute approximate surface area is 195 Å². The average molecular weight is 485 g/mol. The molecule has 0 saturated carbocycles. The SMILES string of the molecule is Cc1nn(C)c2ncc(NC(=O)CCn3c(=O)oc4cc(S(=O)(=O)N5CCCC5)ccc43)cc12. The van der Waals surface area contributed by atoms with Gasteiger partial charge in [-0.1, -0.05) is 0 Å². The van der Waals surface area contributed by atoms with Crippen LogP contribution >= 0.6 is 0 Å². The Hall–Kier alpha value is -3.51. The van der Waals surface area contributed by atoms with E-state index in [-0.39, 0.29) is 29.4 Å². The molecular weight excluding hydrogens is 460 g/mol. The van der Waals surface area contributed by atoms with Crippen LogP contribution in [-0.4, -0.2) is 51.1 Å². The lowest BCUT2D eigenvalue weighted by Crippen LogP contribution is -2.27. The predicted molar refractivity (Wildman–Crippen MR) is 125 cm³/mol. The van der Waals surface area contributed by atoms with Crippen molar-refractivity contribution in [1.29, 1.82) is 0 Å². The van der Waals surface area contributed by atoms with Crippen LogP contribution in [0.3, 0.4) is 0 Å². The number of sulfonamides is 1. The maximum Gasteiger partial charge on any atom is 0.419 e. The zero-order valence-electron chi connectivity index (χ0n) is 18.8. The number of oxazole rings is 1. The first-order chi connectivity index (χ1) is 16.2. The Bertz CT molecular complexity index is 1580. The number of nitrogens with zero attached hydrogens (tertiary/aromatic N) is 5. The molecule has 5 rings (SSSR count). The van der Waals surface area contributed by atoms with Crippen molar-refractivity contribution in [3.63, 3.8) is 0 Å². The van der Waals surface area contributed by atoms with Gasteiger partial charge >= 0.3 is 5.76 Å². The molecule has 11 nitrogen and oxygen atoms in total. The van der Waals surface area contributed by atoms with Crippen LogP contribution in [0, 0.1) is 6.92 Å². The number of rotatable bonds is 6. The minimum Gasteiger partial charge on any atom is -0.408 e. The van der Waals surface area contributed by atoms with Crippen molar-refractivity contribution in [3.8, 4) is 0 Å². The van der Waals surface area contributed by atoms with Crippen molar-refractivity contribution in [2.45, 2.75) is 37.6 Å². The molecule has 1 N–H and O–H groups in total. The van der Waals surface area contributed by atoms with Crippen molar-refractivity contribution in [1.82, 2.24) is 23.6 Å². The summed E-state index contributed by atoms with van der Waals surface area (Å²) in [4.78, 5) is 29.4. The van der Waals surface area contributed by atoms with E-state index in [9.17, 15) is 18.0 Å². The number of aryl methyl sites for hydroxylation is 3. The van der Waals surface area contributed by atoms with E-state index >= 15 is 0 Å². The van der Waals surface area contributed by atoms with Gasteiger partial charge in [0, 0.05) is 44.6 Å². The molecule has 178 valence electrons. The lowest BCUT2D eigenvalue weighted by atomic mass is 10.2. The van der Waals surface area contributed by atoms with Gasteiger partial charge in [-0.05, 0) is 38.0 Å². The van der Waals surface area contributed by atoms with Crippen LogP contribution in [0.5, 0.6) is 0 Å². The van der Waals surface area contributed by atoms with Crippen LogP contribution in [0.2, 0.25) is 0 Å². The van der Waals surface area contributed by atoms with E-state index in [0.29, 0.717) is 24.3 Å². The molecule has 0 unspecified atom stereocenters. The molecular formula is C22H24N6O5S. The summed E-state index contributed by atoms with van der Waals surface area (Å²) in [5.74, 6) is -0.940. The number of hydrogen-bond acceptors (Lipinski definition) is 7. The summed E-state index contributed by atoms with van der Waals surface area (Å²) in [5, 5.41) is 7.95. The van der Waals surface area contributed by atoms with Gasteiger partial charge in [-0.15, -0.1) is 0 Å². The molecule has 1 saturated heterocycles. The third-order valence-corrected chi connectivity index (χ3v) is 7.95. The molecule has 1 fully saturated rings. The minimum atomic E-state index is -3.63. The number of fused-ring (bicyclic) bond motifs is 2. The molecule has 1 aromatic carbocycles. The highest BCUT2D eigenvalue weighted by Crippen LogP contribution is 2.24. The molecule has 0 radical (unpaired) electrons. The molecule has 3 aromatic heterocycles. The van der Waals surface area contributed by atoms with Gasteiger partial charge in [0.05, 0.1) is 28.0 Å². The van der Waals surface area contributed by atoms with Crippen LogP contribution in [0.4, 0.5) is 5.69 Å². The zero-order valence-corrected chi connectivity index (χ0v) is 19.6. The number of carbonyl (C=O) groups excluding carboxylic acids is 1. The topological polar surface area (TPSA) is 132 Å². The fourth-order valence-corrected chi connectivity index (χ4v) is 5.84. The van der Waals surface area contributed by atoms with E-state index in [2.05, 4.69) is 15.4 Å². The van der Waals surface area contributed by atoms with Crippen LogP contribution in [0.25, 0.3) is 22.1 Å². The third-order valence-electron chi connectivity index (χ3n) is 6.05. The molecule has 4 heterocycles. The van der Waals surface area contributed by atoms with Gasteiger partial charge in [-0.2, -0.15) is 9.40 Å². The van der Waals surface area contributed by atoms with Crippen molar-refractivity contribution in [2.24, 2.45) is 7.05 Å². The quantitative estimate of drug-likeness (QED) is 0.443. The van der Waals surface area contributed by atoms with E-state index in [1.54, 1.807) is 24.0 Å². The third kappa shape index (κ3) is 3.88. The van der Waals surface area contributed by atoms with Gasteiger partial charge in [0.25, 0.3) is 0 Å². The molecule has 1 aliphatic heterocycles. The average Bonchev–Trinajstić information content (AvgIpc) is 3.51. The summed E-state index contributed by atoms with van der Waals surface area (Å²) in [6.07, 6.45) is 3.25. The van der Waals surface area contributed by atoms with Gasteiger partial charge < -0.3 is 9.73 Å². The Morgan fingerprint density at radius 1 is 1.21 bits per heavy atom. The predicted octanol–water partition coefficient (Wildman–Crippen LogP) is 2.00. The molecule has 1 amide bonds. The second-order valence-corrected chi connectivity index (χ2v) is 10.3. The largest absolute Gasteiger partial charge is 0.419 e. The van der Waals surface area contributed by atoms with Crippen LogP contribution in [-0.2, 0) is 28.4 Å². The summed E-state index contributed by atoms with van der Waals surface area (Å²) in [7, 11) is -1.82. The molecule has 1 aliphatic rings. The van der Waals surface area contributed by atoms with E-state index < -0.39 is 15.8 Å². The van der Waals surface area contributed by atoms with Gasteiger partial charge in [-0.3, -0.25) is 14.0 Å². The van der Waals surface area contributed by atoms with Crippen molar-refractivity contribution < 1.29 is 17.6 Å². The summed E-state index contributed by atoms with van der Waals surface area (Å²) in [6, 6.07) is 6.20. The first-order valence-corrected chi connectivity index (χ1v) is 12.4. The summed E-state index contributed by atoms with van der Waals surface area (Å²) in [5.41, 5.74) is 2.68. The summed E-state index contributed by atoms with van der Waals surface area (Å²) in [6.45, 7) is 2.93. The Balaban J connectivity index is 1.32. The van der Waals surface area contributed by atoms with Crippen molar-refractivity contribution in [3.05, 3.63) is 46.7 Å². The van der Waals surface area contributed by atoms with Crippen molar-refractivity contribution >= 4 is 43.8 Å². The van der Waals surface area contributed by atoms with E-state index in [0.717, 1.165) is 29.6 Å². The maximum absolute atomic E-state index is 12.8. The number of aromatic nitrogens is 4. The molecule has 0 atom stereocenters. The Kier molecular flexibility index (Phi) is 5.48. The van der Waals surface area contributed by atoms with Gasteiger partial charge in [0.2, 0.25) is 15.9 Å². The number of nitrogens with one attached hydrogen (secondary N) is 1. The monoisotopic (exact) mass is 484 g/mol. The number of hydrogen-bond donors (Lipinski definition) is 1. The molecule has 34 heavy (non-hydrogen) atoms. The lowest BCUT2D eigenvalue weighted by molar-refractivity contribution is -0.116. The van der Waals surface area contributed by atoms with Gasteiger partial charge in [0.1, 0.15) is 0 Å². The molecule has 0 spiro atoms. The van der Waals surface area contributed by atoms with Gasteiger partial charge in [0.15, 0.2) is 11.2 Å². The second-order valence-electron chi connectivity index (χ2n) is 8.36. The number of benzene rings is 1. The number of carbonyl (C=O) groups is 1.